The molecule has 1 amide bonds. The lowest BCUT2D eigenvalue weighted by Gasteiger charge is -2.26. The maximum Gasteiger partial charge on any atom is 0.250 e. The third kappa shape index (κ3) is 6.11. The Morgan fingerprint density at radius 2 is 2.00 bits per heavy atom. The number of nitrogens with zero attached hydrogens (tertiary/aromatic N) is 3. The molecule has 10 heteroatoms. The molecule has 168 valence electrons. The highest BCUT2D eigenvalue weighted by Gasteiger charge is 2.29. The van der Waals surface area contributed by atoms with Gasteiger partial charge in [0.2, 0.25) is 21.1 Å². The topological polar surface area (TPSA) is 101 Å². The molecule has 8 nitrogen and oxygen atoms in total. The molecule has 0 saturated carbocycles. The number of hydrogen-bond donors (Lipinski definition) is 1. The first-order valence-corrected chi connectivity index (χ1v) is 12.5. The van der Waals surface area contributed by atoms with Gasteiger partial charge in [-0.05, 0) is 42.5 Å². The fourth-order valence-electron chi connectivity index (χ4n) is 3.30. The highest BCUT2D eigenvalue weighted by Crippen LogP contribution is 2.30. The molecule has 2 aromatic rings. The summed E-state index contributed by atoms with van der Waals surface area (Å²) in [6.45, 7) is 5.21. The van der Waals surface area contributed by atoms with E-state index in [2.05, 4.69) is 29.4 Å². The van der Waals surface area contributed by atoms with Gasteiger partial charge in [0, 0.05) is 25.6 Å². The van der Waals surface area contributed by atoms with Gasteiger partial charge < -0.3 is 4.74 Å². The van der Waals surface area contributed by atoms with E-state index in [-0.39, 0.29) is 10.8 Å². The third-order valence-corrected chi connectivity index (χ3v) is 7.61. The molecule has 0 aliphatic carbocycles. The first-order chi connectivity index (χ1) is 14.8. The van der Waals surface area contributed by atoms with Crippen molar-refractivity contribution in [2.24, 2.45) is 5.92 Å². The number of piperidine rings is 1. The zero-order chi connectivity index (χ0) is 22.4. The van der Waals surface area contributed by atoms with E-state index >= 15 is 0 Å². The Morgan fingerprint density at radius 1 is 1.26 bits per heavy atom. The molecule has 2 heterocycles. The molecule has 1 aromatic heterocycles. The molecule has 1 aromatic carbocycles. The van der Waals surface area contributed by atoms with Crippen molar-refractivity contribution in [3.63, 3.8) is 0 Å². The Bertz CT molecular complexity index is 1040. The number of hydrogen-bond acceptors (Lipinski definition) is 7. The van der Waals surface area contributed by atoms with E-state index in [0.29, 0.717) is 35.5 Å². The van der Waals surface area contributed by atoms with Crippen molar-refractivity contribution in [2.75, 3.05) is 25.5 Å². The van der Waals surface area contributed by atoms with Crippen LogP contribution in [-0.4, -0.2) is 49.0 Å². The van der Waals surface area contributed by atoms with Crippen LogP contribution in [0.4, 0.5) is 5.13 Å². The van der Waals surface area contributed by atoms with Crippen LogP contribution < -0.4 is 10.1 Å². The van der Waals surface area contributed by atoms with Gasteiger partial charge in [0.15, 0.2) is 0 Å². The summed E-state index contributed by atoms with van der Waals surface area (Å²) in [6, 6.07) is 4.86. The summed E-state index contributed by atoms with van der Waals surface area (Å²) >= 11 is 1.35. The van der Waals surface area contributed by atoms with Crippen LogP contribution >= 0.6 is 11.3 Å². The molecule has 1 aliphatic rings. The molecular formula is C21H28N4O4S2. The van der Waals surface area contributed by atoms with Crippen molar-refractivity contribution in [3.05, 3.63) is 34.8 Å². The number of carbonyl (C=O) groups is 1. The molecule has 31 heavy (non-hydrogen) atoms. The summed E-state index contributed by atoms with van der Waals surface area (Å²) in [5, 5.41) is 12.1. The number of rotatable bonds is 8. The van der Waals surface area contributed by atoms with Crippen molar-refractivity contribution >= 4 is 38.5 Å². The predicted octanol–water partition coefficient (Wildman–Crippen LogP) is 3.57. The largest absolute Gasteiger partial charge is 0.495 e. The third-order valence-electron chi connectivity index (χ3n) is 4.83. The number of nitrogens with one attached hydrogen (secondary N) is 1. The van der Waals surface area contributed by atoms with Crippen molar-refractivity contribution < 1.29 is 17.9 Å². The molecule has 0 unspecified atom stereocenters. The van der Waals surface area contributed by atoms with E-state index < -0.39 is 10.0 Å². The lowest BCUT2D eigenvalue weighted by molar-refractivity contribution is -0.111. The Morgan fingerprint density at radius 3 is 2.68 bits per heavy atom. The highest BCUT2D eigenvalue weighted by atomic mass is 32.2. The number of sulfonamides is 1. The maximum atomic E-state index is 13.1. The minimum absolute atomic E-state index is 0.113. The zero-order valence-corrected chi connectivity index (χ0v) is 19.6. The number of amides is 1. The quantitative estimate of drug-likeness (QED) is 0.599. The van der Waals surface area contributed by atoms with Crippen LogP contribution in [0.15, 0.2) is 29.2 Å². The van der Waals surface area contributed by atoms with Crippen LogP contribution in [0.1, 0.15) is 43.7 Å². The summed E-state index contributed by atoms with van der Waals surface area (Å²) in [7, 11) is -2.22. The monoisotopic (exact) mass is 464 g/mol. The lowest BCUT2D eigenvalue weighted by atomic mass is 10.1. The van der Waals surface area contributed by atoms with Crippen LogP contribution in [0.25, 0.3) is 6.08 Å². The van der Waals surface area contributed by atoms with E-state index in [9.17, 15) is 13.2 Å². The van der Waals surface area contributed by atoms with E-state index in [1.807, 2.05) is 0 Å². The van der Waals surface area contributed by atoms with Crippen molar-refractivity contribution in [1.29, 1.82) is 0 Å². The van der Waals surface area contributed by atoms with Crippen LogP contribution in [-0.2, 0) is 21.2 Å². The van der Waals surface area contributed by atoms with Crippen LogP contribution in [0.5, 0.6) is 5.75 Å². The number of anilines is 1. The number of methoxy groups -OCH3 is 1. The summed E-state index contributed by atoms with van der Waals surface area (Å²) in [5.41, 5.74) is 0.587. The van der Waals surface area contributed by atoms with Gasteiger partial charge in [0.05, 0.1) is 7.11 Å². The van der Waals surface area contributed by atoms with E-state index in [4.69, 9.17) is 4.74 Å². The number of ether oxygens (including phenoxy) is 1. The molecule has 1 aliphatic heterocycles. The number of aromatic nitrogens is 2. The second-order valence-corrected chi connectivity index (χ2v) is 10.8. The standard InChI is InChI=1S/C21H28N4O4S2/c1-15(2)13-20-23-24-21(30-20)22-19(26)10-8-16-7-9-17(29-3)18(14-16)31(27,28)25-11-5-4-6-12-25/h7-10,14-15H,4-6,11-13H2,1-3H3,(H,22,24,26). The van der Waals surface area contributed by atoms with E-state index in [1.54, 1.807) is 18.2 Å². The first-order valence-electron chi connectivity index (χ1n) is 10.3. The molecular weight excluding hydrogens is 436 g/mol. The summed E-state index contributed by atoms with van der Waals surface area (Å²) < 4.78 is 33.0. The smallest absolute Gasteiger partial charge is 0.250 e. The van der Waals surface area contributed by atoms with Gasteiger partial charge in [-0.15, -0.1) is 10.2 Å². The number of benzene rings is 1. The molecule has 0 spiro atoms. The molecule has 1 fully saturated rings. The van der Waals surface area contributed by atoms with Crippen molar-refractivity contribution in [2.45, 2.75) is 44.4 Å². The predicted molar refractivity (Wildman–Crippen MR) is 122 cm³/mol. The molecule has 1 saturated heterocycles. The Labute approximate surface area is 187 Å². The molecule has 3 rings (SSSR count). The van der Waals surface area contributed by atoms with Crippen molar-refractivity contribution in [1.82, 2.24) is 14.5 Å². The Hall–Kier alpha value is -2.30. The number of carbonyl (C=O) groups excluding carboxylic acids is 1. The van der Waals surface area contributed by atoms with Crippen LogP contribution in [0.3, 0.4) is 0 Å². The van der Waals surface area contributed by atoms with Crippen molar-refractivity contribution in [3.8, 4) is 5.75 Å². The lowest BCUT2D eigenvalue weighted by Crippen LogP contribution is -2.35. The van der Waals surface area contributed by atoms with Crippen LogP contribution in [0.2, 0.25) is 0 Å². The maximum absolute atomic E-state index is 13.1. The SMILES string of the molecule is COc1ccc(C=CC(=O)Nc2nnc(CC(C)C)s2)cc1S(=O)(=O)N1CCCCC1. The Kier molecular flexibility index (Phi) is 7.79. The van der Waals surface area contributed by atoms with Gasteiger partial charge in [-0.3, -0.25) is 10.1 Å². The van der Waals surface area contributed by atoms with Gasteiger partial charge in [0.25, 0.3) is 0 Å². The molecule has 1 N–H and O–H groups in total. The highest BCUT2D eigenvalue weighted by molar-refractivity contribution is 7.89. The van der Waals surface area contributed by atoms with Gasteiger partial charge in [-0.1, -0.05) is 37.7 Å². The first kappa shape index (κ1) is 23.4. The van der Waals surface area contributed by atoms with Crippen LogP contribution in [0, 0.1) is 5.92 Å². The minimum atomic E-state index is -3.66. The summed E-state index contributed by atoms with van der Waals surface area (Å²) in [4.78, 5) is 12.4. The average Bonchev–Trinajstić information content (AvgIpc) is 3.18. The van der Waals surface area contributed by atoms with E-state index in [0.717, 1.165) is 30.7 Å². The van der Waals surface area contributed by atoms with Gasteiger partial charge in [-0.25, -0.2) is 8.42 Å². The van der Waals surface area contributed by atoms with Gasteiger partial charge in [-0.2, -0.15) is 4.31 Å². The van der Waals surface area contributed by atoms with Gasteiger partial charge in [0.1, 0.15) is 15.7 Å². The zero-order valence-electron chi connectivity index (χ0n) is 18.0. The summed E-state index contributed by atoms with van der Waals surface area (Å²) in [5.74, 6) is 0.393. The van der Waals surface area contributed by atoms with Gasteiger partial charge >= 0.3 is 0 Å². The Balaban J connectivity index is 1.74. The molecule has 0 bridgehead atoms. The molecule has 0 atom stereocenters. The minimum Gasteiger partial charge on any atom is -0.495 e. The fraction of sp³-hybridized carbons (Fsp3) is 0.476. The average molecular weight is 465 g/mol. The summed E-state index contributed by atoms with van der Waals surface area (Å²) in [6.07, 6.45) is 6.47. The van der Waals surface area contributed by atoms with E-state index in [1.165, 1.54) is 34.9 Å². The fourth-order valence-corrected chi connectivity index (χ4v) is 5.96. The second-order valence-electron chi connectivity index (χ2n) is 7.80. The second kappa shape index (κ2) is 10.3. The normalized spacial score (nSPS) is 15.5. The molecule has 0 radical (unpaired) electrons.